The summed E-state index contributed by atoms with van der Waals surface area (Å²) in [7, 11) is 0. The van der Waals surface area contributed by atoms with Gasteiger partial charge in [-0.2, -0.15) is 5.10 Å². The number of rotatable bonds is 4. The molecule has 1 aromatic heterocycles. The topological polar surface area (TPSA) is 68.2 Å². The summed E-state index contributed by atoms with van der Waals surface area (Å²) < 4.78 is 7.13. The fourth-order valence-corrected chi connectivity index (χ4v) is 2.10. The first-order chi connectivity index (χ1) is 8.97. The third kappa shape index (κ3) is 3.96. The maximum Gasteiger partial charge on any atom is 0.319 e. The minimum atomic E-state index is -0.266. The van der Waals surface area contributed by atoms with Crippen molar-refractivity contribution in [3.63, 3.8) is 0 Å². The summed E-state index contributed by atoms with van der Waals surface area (Å²) in [5.74, 6) is 0.524. The first kappa shape index (κ1) is 13.9. The predicted octanol–water partition coefficient (Wildman–Crippen LogP) is 1.84. The van der Waals surface area contributed by atoms with E-state index in [1.165, 1.54) is 0 Å². The highest BCUT2D eigenvalue weighted by Crippen LogP contribution is 2.17. The summed E-state index contributed by atoms with van der Waals surface area (Å²) in [6, 6.07) is -0.211. The fraction of sp³-hybridized carbons (Fsp3) is 0.692. The van der Waals surface area contributed by atoms with Crippen LogP contribution >= 0.6 is 0 Å². The van der Waals surface area contributed by atoms with Gasteiger partial charge in [0.1, 0.15) is 0 Å². The van der Waals surface area contributed by atoms with Gasteiger partial charge >= 0.3 is 6.03 Å². The molecular formula is C13H22N4O2. The van der Waals surface area contributed by atoms with Crippen LogP contribution in [0.3, 0.4) is 0 Å². The number of aromatic nitrogens is 2. The predicted molar refractivity (Wildman–Crippen MR) is 73.1 cm³/mol. The van der Waals surface area contributed by atoms with E-state index >= 15 is 0 Å². The molecule has 1 aromatic rings. The zero-order valence-corrected chi connectivity index (χ0v) is 11.8. The molecule has 1 saturated heterocycles. The number of carbonyl (C=O) groups excluding carboxylic acids is 1. The monoisotopic (exact) mass is 266 g/mol. The lowest BCUT2D eigenvalue weighted by Crippen LogP contribution is -2.48. The summed E-state index contributed by atoms with van der Waals surface area (Å²) in [4.78, 5) is 11.9. The standard InChI is InChI=1S/C13H22N4O2/c1-10(2)7-17-8-11(6-14-17)15-12(18)16-13(3)4-5-19-9-13/h6,8,10H,4-5,7,9H2,1-3H3,(H2,15,16,18). The van der Waals surface area contributed by atoms with Crippen LogP contribution in [0, 0.1) is 5.92 Å². The average Bonchev–Trinajstić information content (AvgIpc) is 2.87. The Morgan fingerprint density at radius 2 is 2.42 bits per heavy atom. The summed E-state index contributed by atoms with van der Waals surface area (Å²) in [5.41, 5.74) is 0.443. The van der Waals surface area contributed by atoms with E-state index < -0.39 is 0 Å². The van der Waals surface area contributed by atoms with Crippen molar-refractivity contribution >= 4 is 11.7 Å². The van der Waals surface area contributed by atoms with Crippen LogP contribution in [0.1, 0.15) is 27.2 Å². The van der Waals surface area contributed by atoms with E-state index in [9.17, 15) is 4.79 Å². The molecule has 2 N–H and O–H groups in total. The van der Waals surface area contributed by atoms with E-state index in [2.05, 4.69) is 29.6 Å². The summed E-state index contributed by atoms with van der Waals surface area (Å²) in [5, 5.41) is 9.95. The number of urea groups is 1. The Morgan fingerprint density at radius 1 is 1.63 bits per heavy atom. The average molecular weight is 266 g/mol. The van der Waals surface area contributed by atoms with E-state index in [1.807, 2.05) is 17.8 Å². The highest BCUT2D eigenvalue weighted by atomic mass is 16.5. The molecule has 19 heavy (non-hydrogen) atoms. The Bertz CT molecular complexity index is 436. The molecule has 0 spiro atoms. The molecule has 0 aliphatic carbocycles. The van der Waals surface area contributed by atoms with E-state index in [1.54, 1.807) is 6.20 Å². The van der Waals surface area contributed by atoms with Crippen molar-refractivity contribution in [2.24, 2.45) is 5.92 Å². The van der Waals surface area contributed by atoms with E-state index in [4.69, 9.17) is 4.74 Å². The van der Waals surface area contributed by atoms with Crippen molar-refractivity contribution in [3.05, 3.63) is 12.4 Å². The third-order valence-corrected chi connectivity index (χ3v) is 3.08. The molecule has 1 aliphatic heterocycles. The lowest BCUT2D eigenvalue weighted by Gasteiger charge is -2.23. The minimum absolute atomic E-state index is 0.211. The first-order valence-corrected chi connectivity index (χ1v) is 6.66. The van der Waals surface area contributed by atoms with Crippen LogP contribution in [-0.4, -0.2) is 34.6 Å². The van der Waals surface area contributed by atoms with Crippen molar-refractivity contribution in [3.8, 4) is 0 Å². The van der Waals surface area contributed by atoms with Crippen molar-refractivity contribution in [1.82, 2.24) is 15.1 Å². The Labute approximate surface area is 113 Å². The number of hydrogen-bond acceptors (Lipinski definition) is 3. The number of anilines is 1. The smallest absolute Gasteiger partial charge is 0.319 e. The summed E-state index contributed by atoms with van der Waals surface area (Å²) in [6.07, 6.45) is 4.34. The normalized spacial score (nSPS) is 22.7. The SMILES string of the molecule is CC(C)Cn1cc(NC(=O)NC2(C)CCOC2)cn1. The van der Waals surface area contributed by atoms with E-state index in [0.29, 0.717) is 24.8 Å². The van der Waals surface area contributed by atoms with Gasteiger partial charge in [0.2, 0.25) is 0 Å². The molecule has 6 nitrogen and oxygen atoms in total. The molecule has 2 rings (SSSR count). The Balaban J connectivity index is 1.86. The molecule has 1 unspecified atom stereocenters. The van der Waals surface area contributed by atoms with Gasteiger partial charge in [0.05, 0.1) is 24.0 Å². The molecule has 0 bridgehead atoms. The summed E-state index contributed by atoms with van der Waals surface area (Å²) >= 11 is 0. The highest BCUT2D eigenvalue weighted by molar-refractivity contribution is 5.89. The largest absolute Gasteiger partial charge is 0.379 e. The third-order valence-electron chi connectivity index (χ3n) is 3.08. The molecule has 1 fully saturated rings. The second kappa shape index (κ2) is 5.61. The minimum Gasteiger partial charge on any atom is -0.379 e. The van der Waals surface area contributed by atoms with Gasteiger partial charge in [0, 0.05) is 19.3 Å². The molecule has 1 aliphatic rings. The van der Waals surface area contributed by atoms with Gasteiger partial charge in [0.15, 0.2) is 0 Å². The van der Waals surface area contributed by atoms with Crippen LogP contribution < -0.4 is 10.6 Å². The zero-order valence-electron chi connectivity index (χ0n) is 11.8. The first-order valence-electron chi connectivity index (χ1n) is 6.66. The van der Waals surface area contributed by atoms with Gasteiger partial charge in [-0.05, 0) is 19.3 Å². The molecule has 1 atom stereocenters. The molecule has 2 heterocycles. The maximum atomic E-state index is 11.9. The van der Waals surface area contributed by atoms with E-state index in [-0.39, 0.29) is 11.6 Å². The van der Waals surface area contributed by atoms with Crippen LogP contribution in [0.5, 0.6) is 0 Å². The van der Waals surface area contributed by atoms with Crippen LogP contribution in [0.2, 0.25) is 0 Å². The summed E-state index contributed by atoms with van der Waals surface area (Å²) in [6.45, 7) is 8.34. The molecule has 0 radical (unpaired) electrons. The van der Waals surface area contributed by atoms with Gasteiger partial charge < -0.3 is 15.4 Å². The van der Waals surface area contributed by atoms with Crippen molar-refractivity contribution in [1.29, 1.82) is 0 Å². The quantitative estimate of drug-likeness (QED) is 0.873. The second-order valence-electron chi connectivity index (χ2n) is 5.79. The number of ether oxygens (including phenoxy) is 1. The van der Waals surface area contributed by atoms with Gasteiger partial charge in [-0.1, -0.05) is 13.8 Å². The molecule has 6 heteroatoms. The zero-order chi connectivity index (χ0) is 13.9. The molecule has 0 aromatic carbocycles. The van der Waals surface area contributed by atoms with Crippen LogP contribution in [0.4, 0.5) is 10.5 Å². The lowest BCUT2D eigenvalue weighted by molar-refractivity contribution is 0.172. The number of hydrogen-bond donors (Lipinski definition) is 2. The van der Waals surface area contributed by atoms with Crippen molar-refractivity contribution in [2.75, 3.05) is 18.5 Å². The van der Waals surface area contributed by atoms with Gasteiger partial charge in [0.25, 0.3) is 0 Å². The molecular weight excluding hydrogens is 244 g/mol. The number of nitrogens with zero attached hydrogens (tertiary/aromatic N) is 2. The van der Waals surface area contributed by atoms with Crippen molar-refractivity contribution in [2.45, 2.75) is 39.3 Å². The molecule has 106 valence electrons. The van der Waals surface area contributed by atoms with Gasteiger partial charge in [-0.15, -0.1) is 0 Å². The Kier molecular flexibility index (Phi) is 4.09. The second-order valence-corrected chi connectivity index (χ2v) is 5.79. The van der Waals surface area contributed by atoms with Gasteiger partial charge in [-0.25, -0.2) is 4.79 Å². The number of amides is 2. The number of carbonyl (C=O) groups is 1. The Hall–Kier alpha value is -1.56. The van der Waals surface area contributed by atoms with Crippen LogP contribution in [0.15, 0.2) is 12.4 Å². The van der Waals surface area contributed by atoms with Crippen molar-refractivity contribution < 1.29 is 9.53 Å². The van der Waals surface area contributed by atoms with Crippen LogP contribution in [0.25, 0.3) is 0 Å². The van der Waals surface area contributed by atoms with Crippen LogP contribution in [-0.2, 0) is 11.3 Å². The number of nitrogens with one attached hydrogen (secondary N) is 2. The van der Waals surface area contributed by atoms with Gasteiger partial charge in [-0.3, -0.25) is 4.68 Å². The molecule has 2 amide bonds. The fourth-order valence-electron chi connectivity index (χ4n) is 2.10. The Morgan fingerprint density at radius 3 is 3.05 bits per heavy atom. The molecule has 0 saturated carbocycles. The van der Waals surface area contributed by atoms with E-state index in [0.717, 1.165) is 13.0 Å². The maximum absolute atomic E-state index is 11.9. The highest BCUT2D eigenvalue weighted by Gasteiger charge is 2.31. The lowest BCUT2D eigenvalue weighted by atomic mass is 10.0.